The first-order valence-electron chi connectivity index (χ1n) is 5.40. The van der Waals surface area contributed by atoms with Crippen LogP contribution in [0.25, 0.3) is 0 Å². The predicted molar refractivity (Wildman–Crippen MR) is 76.6 cm³/mol. The summed E-state index contributed by atoms with van der Waals surface area (Å²) in [7, 11) is 0. The number of halogens is 3. The van der Waals surface area contributed by atoms with Gasteiger partial charge in [-0.25, -0.2) is 4.39 Å². The van der Waals surface area contributed by atoms with E-state index in [1.165, 1.54) is 6.07 Å². The second kappa shape index (κ2) is 6.41. The summed E-state index contributed by atoms with van der Waals surface area (Å²) in [5.41, 5.74) is 1.56. The molecule has 2 aromatic rings. The minimum absolute atomic E-state index is 0.200. The summed E-state index contributed by atoms with van der Waals surface area (Å²) in [6.07, 6.45) is 1.75. The van der Waals surface area contributed by atoms with Gasteiger partial charge in [-0.1, -0.05) is 15.9 Å². The molecule has 1 aromatic carbocycles. The Morgan fingerprint density at radius 1 is 1.06 bits per heavy atom. The zero-order valence-electron chi connectivity index (χ0n) is 9.46. The van der Waals surface area contributed by atoms with Crippen molar-refractivity contribution in [1.82, 2.24) is 10.3 Å². The number of aromatic nitrogens is 1. The average molecular weight is 374 g/mol. The summed E-state index contributed by atoms with van der Waals surface area (Å²) in [6.45, 7) is 1.09. The molecule has 2 nitrogen and oxygen atoms in total. The van der Waals surface area contributed by atoms with Crippen molar-refractivity contribution in [3.8, 4) is 0 Å². The molecule has 0 saturated heterocycles. The maximum atomic E-state index is 13.5. The van der Waals surface area contributed by atoms with Gasteiger partial charge < -0.3 is 5.32 Å². The van der Waals surface area contributed by atoms with Gasteiger partial charge in [-0.15, -0.1) is 0 Å². The molecule has 0 amide bonds. The van der Waals surface area contributed by atoms with Gasteiger partial charge in [0.05, 0.1) is 5.69 Å². The van der Waals surface area contributed by atoms with E-state index in [9.17, 15) is 4.39 Å². The number of benzene rings is 1. The van der Waals surface area contributed by atoms with Gasteiger partial charge in [-0.3, -0.25) is 4.98 Å². The lowest BCUT2D eigenvalue weighted by Gasteiger charge is -2.06. The van der Waals surface area contributed by atoms with Gasteiger partial charge >= 0.3 is 0 Å². The Labute approximate surface area is 122 Å². The highest BCUT2D eigenvalue weighted by Crippen LogP contribution is 2.15. The second-order valence-electron chi connectivity index (χ2n) is 3.81. The van der Waals surface area contributed by atoms with E-state index in [1.807, 2.05) is 12.1 Å². The quantitative estimate of drug-likeness (QED) is 0.874. The summed E-state index contributed by atoms with van der Waals surface area (Å²) in [5.74, 6) is -0.200. The van der Waals surface area contributed by atoms with Gasteiger partial charge in [0.15, 0.2) is 0 Å². The predicted octanol–water partition coefficient (Wildman–Crippen LogP) is 4.04. The number of hydrogen-bond donors (Lipinski definition) is 1. The zero-order chi connectivity index (χ0) is 13.0. The molecule has 0 radical (unpaired) electrons. The fourth-order valence-corrected chi connectivity index (χ4v) is 2.16. The van der Waals surface area contributed by atoms with E-state index in [-0.39, 0.29) is 5.82 Å². The molecule has 5 heteroatoms. The Hall–Kier alpha value is -0.780. The molecule has 2 rings (SSSR count). The van der Waals surface area contributed by atoms with Crippen LogP contribution in [0.2, 0.25) is 0 Å². The number of nitrogens with zero attached hydrogens (tertiary/aromatic N) is 1. The second-order valence-corrected chi connectivity index (χ2v) is 5.64. The fraction of sp³-hybridized carbons (Fsp3) is 0.154. The smallest absolute Gasteiger partial charge is 0.127 e. The third-order valence-electron chi connectivity index (χ3n) is 2.42. The molecule has 0 spiro atoms. The van der Waals surface area contributed by atoms with Crippen LogP contribution < -0.4 is 5.32 Å². The van der Waals surface area contributed by atoms with E-state index >= 15 is 0 Å². The minimum Gasteiger partial charge on any atom is -0.307 e. The van der Waals surface area contributed by atoms with Crippen molar-refractivity contribution < 1.29 is 4.39 Å². The number of rotatable bonds is 4. The van der Waals surface area contributed by atoms with E-state index in [1.54, 1.807) is 18.3 Å². The molecule has 1 heterocycles. The first kappa shape index (κ1) is 13.6. The van der Waals surface area contributed by atoms with Crippen LogP contribution in [0.15, 0.2) is 45.5 Å². The van der Waals surface area contributed by atoms with Gasteiger partial charge in [0.25, 0.3) is 0 Å². The van der Waals surface area contributed by atoms with E-state index in [0.29, 0.717) is 18.7 Å². The van der Waals surface area contributed by atoms with Crippen LogP contribution in [-0.4, -0.2) is 4.98 Å². The van der Waals surface area contributed by atoms with Gasteiger partial charge in [-0.05, 0) is 46.3 Å². The average Bonchev–Trinajstić information content (AvgIpc) is 2.36. The van der Waals surface area contributed by atoms with Gasteiger partial charge in [0.2, 0.25) is 0 Å². The van der Waals surface area contributed by atoms with Crippen LogP contribution in [0.5, 0.6) is 0 Å². The van der Waals surface area contributed by atoms with Gasteiger partial charge in [-0.2, -0.15) is 0 Å². The Balaban J connectivity index is 1.92. The summed E-state index contributed by atoms with van der Waals surface area (Å²) in [6, 6.07) is 8.78. The molecular formula is C13H11Br2FN2. The lowest BCUT2D eigenvalue weighted by atomic mass is 10.2. The maximum absolute atomic E-state index is 13.5. The summed E-state index contributed by atoms with van der Waals surface area (Å²) >= 11 is 6.66. The Morgan fingerprint density at radius 3 is 2.56 bits per heavy atom. The van der Waals surface area contributed by atoms with Crippen molar-refractivity contribution in [3.63, 3.8) is 0 Å². The standard InChI is InChI=1S/C13H11Br2FN2/c14-10-2-4-13(16)9(5-10)6-17-8-12-3-1-11(15)7-18-12/h1-5,7,17H,6,8H2. The van der Waals surface area contributed by atoms with Crippen molar-refractivity contribution in [2.24, 2.45) is 0 Å². The maximum Gasteiger partial charge on any atom is 0.127 e. The van der Waals surface area contributed by atoms with E-state index < -0.39 is 0 Å². The van der Waals surface area contributed by atoms with Crippen molar-refractivity contribution in [3.05, 3.63) is 62.5 Å². The highest BCUT2D eigenvalue weighted by atomic mass is 79.9. The van der Waals surface area contributed by atoms with E-state index in [0.717, 1.165) is 14.6 Å². The van der Waals surface area contributed by atoms with Crippen LogP contribution in [0.3, 0.4) is 0 Å². The lowest BCUT2D eigenvalue weighted by Crippen LogP contribution is -2.14. The Bertz CT molecular complexity index is 529. The normalized spacial score (nSPS) is 10.6. The number of hydrogen-bond acceptors (Lipinski definition) is 2. The molecule has 1 aromatic heterocycles. The fourth-order valence-electron chi connectivity index (χ4n) is 1.52. The van der Waals surface area contributed by atoms with Gasteiger partial charge in [0.1, 0.15) is 5.82 Å². The Kier molecular flexibility index (Phi) is 4.86. The van der Waals surface area contributed by atoms with Gasteiger partial charge in [0, 0.05) is 33.8 Å². The minimum atomic E-state index is -0.200. The molecule has 0 aliphatic carbocycles. The van der Waals surface area contributed by atoms with E-state index in [4.69, 9.17) is 0 Å². The molecule has 0 fully saturated rings. The number of nitrogens with one attached hydrogen (secondary N) is 1. The number of pyridine rings is 1. The van der Waals surface area contributed by atoms with Crippen molar-refractivity contribution in [2.75, 3.05) is 0 Å². The van der Waals surface area contributed by atoms with Crippen LogP contribution >= 0.6 is 31.9 Å². The molecule has 0 aliphatic heterocycles. The summed E-state index contributed by atoms with van der Waals surface area (Å²) < 4.78 is 15.3. The van der Waals surface area contributed by atoms with Crippen LogP contribution in [0, 0.1) is 5.82 Å². The van der Waals surface area contributed by atoms with Crippen molar-refractivity contribution in [1.29, 1.82) is 0 Å². The monoisotopic (exact) mass is 372 g/mol. The summed E-state index contributed by atoms with van der Waals surface area (Å²) in [4.78, 5) is 4.24. The van der Waals surface area contributed by atoms with Crippen LogP contribution in [-0.2, 0) is 13.1 Å². The molecule has 0 unspecified atom stereocenters. The first-order valence-corrected chi connectivity index (χ1v) is 6.99. The highest BCUT2D eigenvalue weighted by Gasteiger charge is 2.02. The third kappa shape index (κ3) is 3.86. The largest absolute Gasteiger partial charge is 0.307 e. The zero-order valence-corrected chi connectivity index (χ0v) is 12.6. The molecule has 1 N–H and O–H groups in total. The molecule has 94 valence electrons. The molecule has 18 heavy (non-hydrogen) atoms. The molecule has 0 saturated carbocycles. The summed E-state index contributed by atoms with van der Waals surface area (Å²) in [5, 5.41) is 3.17. The lowest BCUT2D eigenvalue weighted by molar-refractivity contribution is 0.585. The molecule has 0 atom stereocenters. The topological polar surface area (TPSA) is 24.9 Å². The molecule has 0 bridgehead atoms. The van der Waals surface area contributed by atoms with Crippen LogP contribution in [0.4, 0.5) is 4.39 Å². The highest BCUT2D eigenvalue weighted by molar-refractivity contribution is 9.10. The first-order chi connectivity index (χ1) is 8.65. The van der Waals surface area contributed by atoms with E-state index in [2.05, 4.69) is 42.2 Å². The molecule has 0 aliphatic rings. The van der Waals surface area contributed by atoms with Crippen molar-refractivity contribution in [2.45, 2.75) is 13.1 Å². The van der Waals surface area contributed by atoms with Crippen molar-refractivity contribution >= 4 is 31.9 Å². The third-order valence-corrected chi connectivity index (χ3v) is 3.38. The SMILES string of the molecule is Fc1ccc(Br)cc1CNCc1ccc(Br)cn1. The van der Waals surface area contributed by atoms with Crippen LogP contribution in [0.1, 0.15) is 11.3 Å². The molecular weight excluding hydrogens is 363 g/mol. The Morgan fingerprint density at radius 2 is 1.83 bits per heavy atom.